The van der Waals surface area contributed by atoms with E-state index in [2.05, 4.69) is 36.9 Å². The summed E-state index contributed by atoms with van der Waals surface area (Å²) < 4.78 is 5.97. The Morgan fingerprint density at radius 3 is 2.36 bits per heavy atom. The first-order valence-corrected chi connectivity index (χ1v) is 9.29. The topological polar surface area (TPSA) is 32.7 Å². The molecule has 3 heteroatoms. The molecule has 0 amide bonds. The zero-order valence-electron chi connectivity index (χ0n) is 15.3. The zero-order chi connectivity index (χ0) is 17.6. The van der Waals surface area contributed by atoms with Crippen LogP contribution in [-0.4, -0.2) is 42.4 Å². The number of likely N-dealkylation sites (tertiary alicyclic amines) is 1. The first kappa shape index (κ1) is 18.0. The predicted octanol–water partition coefficient (Wildman–Crippen LogP) is 4.07. The van der Waals surface area contributed by atoms with Gasteiger partial charge in [0, 0.05) is 25.2 Å². The van der Waals surface area contributed by atoms with Gasteiger partial charge in [-0.05, 0) is 29.9 Å². The summed E-state index contributed by atoms with van der Waals surface area (Å²) in [6, 6.07) is 18.2. The fourth-order valence-corrected chi connectivity index (χ4v) is 3.93. The van der Waals surface area contributed by atoms with Crippen LogP contribution >= 0.6 is 0 Å². The average molecular weight is 339 g/mol. The van der Waals surface area contributed by atoms with Crippen molar-refractivity contribution in [2.24, 2.45) is 11.8 Å². The highest BCUT2D eigenvalue weighted by molar-refractivity contribution is 5.70. The van der Waals surface area contributed by atoms with Crippen LogP contribution in [0.2, 0.25) is 0 Å². The molecular formula is C22H29NO2. The Kier molecular flexibility index (Phi) is 6.11. The maximum atomic E-state index is 10.4. The Hall–Kier alpha value is -1.84. The molecule has 25 heavy (non-hydrogen) atoms. The largest absolute Gasteiger partial charge is 0.490 e. The van der Waals surface area contributed by atoms with Crippen molar-refractivity contribution in [2.75, 3.05) is 26.2 Å². The van der Waals surface area contributed by atoms with Gasteiger partial charge in [0.25, 0.3) is 0 Å². The Morgan fingerprint density at radius 2 is 1.64 bits per heavy atom. The Balaban J connectivity index is 1.58. The van der Waals surface area contributed by atoms with Crippen molar-refractivity contribution in [3.63, 3.8) is 0 Å². The van der Waals surface area contributed by atoms with Crippen LogP contribution in [0, 0.1) is 11.8 Å². The summed E-state index contributed by atoms with van der Waals surface area (Å²) in [6.45, 7) is 7.73. The molecule has 0 unspecified atom stereocenters. The molecule has 1 aliphatic rings. The van der Waals surface area contributed by atoms with E-state index in [4.69, 9.17) is 4.74 Å². The Morgan fingerprint density at radius 1 is 1.00 bits per heavy atom. The fourth-order valence-electron chi connectivity index (χ4n) is 3.93. The number of hydrogen-bond acceptors (Lipinski definition) is 3. The highest BCUT2D eigenvalue weighted by Crippen LogP contribution is 2.29. The smallest absolute Gasteiger partial charge is 0.127 e. The third-order valence-electron chi connectivity index (χ3n) is 4.82. The molecule has 1 heterocycles. The number of nitrogens with zero attached hydrogens (tertiary/aromatic N) is 1. The number of aliphatic hydroxyl groups excluding tert-OH is 1. The maximum Gasteiger partial charge on any atom is 0.127 e. The third kappa shape index (κ3) is 5.07. The number of β-amino-alcohol motifs (C(OH)–C–C–N with tert-alkyl or cyclic N) is 1. The van der Waals surface area contributed by atoms with Crippen molar-refractivity contribution < 1.29 is 9.84 Å². The fraction of sp³-hybridized carbons (Fsp3) is 0.455. The quantitative estimate of drug-likeness (QED) is 0.861. The second-order valence-electron chi connectivity index (χ2n) is 7.49. The second-order valence-corrected chi connectivity index (χ2v) is 7.49. The molecule has 1 saturated heterocycles. The minimum absolute atomic E-state index is 0.323. The van der Waals surface area contributed by atoms with E-state index in [0.717, 1.165) is 30.0 Å². The van der Waals surface area contributed by atoms with Crippen molar-refractivity contribution >= 4 is 0 Å². The molecule has 1 aliphatic heterocycles. The summed E-state index contributed by atoms with van der Waals surface area (Å²) in [7, 11) is 0. The summed E-state index contributed by atoms with van der Waals surface area (Å²) >= 11 is 0. The zero-order valence-corrected chi connectivity index (χ0v) is 15.3. The number of rotatable bonds is 6. The second kappa shape index (κ2) is 8.50. The molecule has 3 atom stereocenters. The van der Waals surface area contributed by atoms with Crippen molar-refractivity contribution in [1.82, 2.24) is 4.90 Å². The molecule has 0 aliphatic carbocycles. The molecule has 0 aromatic heterocycles. The molecular weight excluding hydrogens is 310 g/mol. The van der Waals surface area contributed by atoms with Crippen molar-refractivity contribution in [3.8, 4) is 16.9 Å². The molecule has 1 fully saturated rings. The summed E-state index contributed by atoms with van der Waals surface area (Å²) in [5.41, 5.74) is 2.20. The van der Waals surface area contributed by atoms with Crippen molar-refractivity contribution in [3.05, 3.63) is 54.6 Å². The summed E-state index contributed by atoms with van der Waals surface area (Å²) in [4.78, 5) is 2.37. The number of para-hydroxylation sites is 1. The normalized spacial score (nSPS) is 22.5. The van der Waals surface area contributed by atoms with E-state index in [9.17, 15) is 5.11 Å². The minimum Gasteiger partial charge on any atom is -0.490 e. The highest BCUT2D eigenvalue weighted by atomic mass is 16.5. The number of aliphatic hydroxyl groups is 1. The molecule has 3 rings (SSSR count). The summed E-state index contributed by atoms with van der Waals surface area (Å²) in [5, 5.41) is 10.4. The molecule has 1 N–H and O–H groups in total. The molecule has 3 nitrogen and oxygen atoms in total. The maximum absolute atomic E-state index is 10.4. The van der Waals surface area contributed by atoms with Gasteiger partial charge in [-0.3, -0.25) is 0 Å². The van der Waals surface area contributed by atoms with Crippen LogP contribution in [0.3, 0.4) is 0 Å². The summed E-state index contributed by atoms with van der Waals surface area (Å²) in [5.74, 6) is 2.24. The molecule has 0 spiro atoms. The van der Waals surface area contributed by atoms with E-state index < -0.39 is 6.10 Å². The minimum atomic E-state index is -0.471. The van der Waals surface area contributed by atoms with Gasteiger partial charge in [-0.25, -0.2) is 0 Å². The first-order valence-electron chi connectivity index (χ1n) is 9.29. The number of benzene rings is 2. The van der Waals surface area contributed by atoms with Crippen LogP contribution in [0.15, 0.2) is 54.6 Å². The lowest BCUT2D eigenvalue weighted by Crippen LogP contribution is -2.44. The van der Waals surface area contributed by atoms with Crippen molar-refractivity contribution in [2.45, 2.75) is 26.4 Å². The van der Waals surface area contributed by atoms with Crippen LogP contribution in [0.4, 0.5) is 0 Å². The number of ether oxygens (including phenoxy) is 1. The molecule has 0 saturated carbocycles. The highest BCUT2D eigenvalue weighted by Gasteiger charge is 2.23. The van der Waals surface area contributed by atoms with Gasteiger partial charge in [0.15, 0.2) is 0 Å². The van der Waals surface area contributed by atoms with Gasteiger partial charge < -0.3 is 14.7 Å². The average Bonchev–Trinajstić information content (AvgIpc) is 2.60. The predicted molar refractivity (Wildman–Crippen MR) is 103 cm³/mol. The van der Waals surface area contributed by atoms with E-state index in [1.54, 1.807) is 0 Å². The molecule has 134 valence electrons. The van der Waals surface area contributed by atoms with Gasteiger partial charge in [-0.2, -0.15) is 0 Å². The Labute approximate surface area is 151 Å². The number of hydrogen-bond donors (Lipinski definition) is 1. The monoisotopic (exact) mass is 339 g/mol. The lowest BCUT2D eigenvalue weighted by molar-refractivity contribution is 0.0430. The van der Waals surface area contributed by atoms with Gasteiger partial charge in [0.05, 0.1) is 0 Å². The molecule has 2 aromatic carbocycles. The van der Waals surface area contributed by atoms with Crippen LogP contribution in [0.25, 0.3) is 11.1 Å². The van der Waals surface area contributed by atoms with E-state index in [0.29, 0.717) is 25.0 Å². The van der Waals surface area contributed by atoms with Gasteiger partial charge >= 0.3 is 0 Å². The molecule has 0 bridgehead atoms. The molecule has 0 radical (unpaired) electrons. The van der Waals surface area contributed by atoms with Gasteiger partial charge in [0.2, 0.25) is 0 Å². The van der Waals surface area contributed by atoms with Crippen molar-refractivity contribution in [1.29, 1.82) is 0 Å². The van der Waals surface area contributed by atoms with E-state index >= 15 is 0 Å². The van der Waals surface area contributed by atoms with Crippen LogP contribution < -0.4 is 4.74 Å². The molecule has 2 aromatic rings. The standard InChI is InChI=1S/C22H29NO2/c1-17-12-18(2)14-23(13-17)15-20(24)16-25-22-11-7-6-10-21(22)19-8-4-3-5-9-19/h3-11,17-18,20,24H,12-16H2,1-2H3/t17-,18+,20-/m0/s1. The first-order chi connectivity index (χ1) is 12.1. The van der Waals surface area contributed by atoms with Gasteiger partial charge in [-0.15, -0.1) is 0 Å². The summed E-state index contributed by atoms with van der Waals surface area (Å²) in [6.07, 6.45) is 0.814. The van der Waals surface area contributed by atoms with Gasteiger partial charge in [0.1, 0.15) is 18.5 Å². The van der Waals surface area contributed by atoms with Crippen LogP contribution in [0.1, 0.15) is 20.3 Å². The SMILES string of the molecule is C[C@@H]1C[C@H](C)CN(C[C@H](O)COc2ccccc2-c2ccccc2)C1. The van der Waals surface area contributed by atoms with Gasteiger partial charge in [-0.1, -0.05) is 62.4 Å². The number of piperidine rings is 1. The lowest BCUT2D eigenvalue weighted by atomic mass is 9.92. The van der Waals surface area contributed by atoms with E-state index in [1.807, 2.05) is 36.4 Å². The van der Waals surface area contributed by atoms with E-state index in [1.165, 1.54) is 6.42 Å². The van der Waals surface area contributed by atoms with Crippen LogP contribution in [0.5, 0.6) is 5.75 Å². The Bertz CT molecular complexity index is 648. The van der Waals surface area contributed by atoms with E-state index in [-0.39, 0.29) is 0 Å². The van der Waals surface area contributed by atoms with Crippen LogP contribution in [-0.2, 0) is 0 Å². The third-order valence-corrected chi connectivity index (χ3v) is 4.82. The lowest BCUT2D eigenvalue weighted by Gasteiger charge is -2.35.